The second-order valence-electron chi connectivity index (χ2n) is 4.18. The molecule has 1 aliphatic heterocycles. The maximum Gasteiger partial charge on any atom is 0.254 e. The molecular formula is C11H19N3O3S2. The predicted octanol–water partition coefficient (Wildman–Crippen LogP) is 0.383. The van der Waals surface area contributed by atoms with Gasteiger partial charge in [0.1, 0.15) is 0 Å². The Labute approximate surface area is 117 Å². The number of nitrogens with one attached hydrogen (secondary N) is 2. The number of hydrazine groups is 1. The van der Waals surface area contributed by atoms with Gasteiger partial charge >= 0.3 is 0 Å². The van der Waals surface area contributed by atoms with Crippen LogP contribution >= 0.6 is 11.3 Å². The molecule has 1 aromatic rings. The highest BCUT2D eigenvalue weighted by atomic mass is 32.2. The van der Waals surface area contributed by atoms with Crippen LogP contribution in [0.5, 0.6) is 0 Å². The van der Waals surface area contributed by atoms with Gasteiger partial charge in [0.15, 0.2) is 0 Å². The van der Waals surface area contributed by atoms with Crippen LogP contribution in [0.4, 0.5) is 0 Å². The number of ether oxygens (including phenoxy) is 1. The summed E-state index contributed by atoms with van der Waals surface area (Å²) in [5.41, 5.74) is 0. The smallest absolute Gasteiger partial charge is 0.254 e. The maximum absolute atomic E-state index is 12.3. The Balaban J connectivity index is 2.08. The Bertz CT molecular complexity index is 495. The third-order valence-corrected chi connectivity index (χ3v) is 5.30. The largest absolute Gasteiger partial charge is 0.379 e. The monoisotopic (exact) mass is 305 g/mol. The van der Waals surface area contributed by atoms with E-state index >= 15 is 0 Å². The second kappa shape index (κ2) is 6.78. The molecule has 0 aliphatic carbocycles. The summed E-state index contributed by atoms with van der Waals surface area (Å²) in [4.78, 5) is 3.82. The molecule has 2 N–H and O–H groups in total. The second-order valence-corrected chi connectivity index (χ2v) is 6.81. The zero-order chi connectivity index (χ0) is 13.7. The number of nitrogens with zero attached hydrogens (tertiary/aromatic N) is 1. The zero-order valence-electron chi connectivity index (χ0n) is 10.9. The minimum absolute atomic E-state index is 0.366. The maximum atomic E-state index is 12.3. The number of morpholine rings is 1. The van der Waals surface area contributed by atoms with Gasteiger partial charge in [0.2, 0.25) is 0 Å². The van der Waals surface area contributed by atoms with Gasteiger partial charge in [-0.25, -0.2) is 13.4 Å². The summed E-state index contributed by atoms with van der Waals surface area (Å²) in [5, 5.41) is 6.65. The lowest BCUT2D eigenvalue weighted by Gasteiger charge is -2.26. The van der Waals surface area contributed by atoms with Crippen molar-refractivity contribution in [2.45, 2.75) is 18.4 Å². The van der Waals surface area contributed by atoms with Gasteiger partial charge < -0.3 is 10.1 Å². The number of hydrogen-bond acceptors (Lipinski definition) is 6. The lowest BCUT2D eigenvalue weighted by Crippen LogP contribution is -2.48. The number of rotatable bonds is 6. The normalized spacial score (nSPS) is 17.7. The minimum Gasteiger partial charge on any atom is -0.379 e. The first-order valence-electron chi connectivity index (χ1n) is 6.25. The van der Waals surface area contributed by atoms with Crippen molar-refractivity contribution in [2.24, 2.45) is 0 Å². The number of sulfonamides is 1. The van der Waals surface area contributed by atoms with Crippen LogP contribution in [0, 0.1) is 0 Å². The van der Waals surface area contributed by atoms with E-state index in [4.69, 9.17) is 4.74 Å². The molecule has 0 saturated carbocycles. The standard InChI is InChI=1S/C11H19N3O3S2/c1-2-12-9-10-11(3-8-18-10)19(15,16)13-14-4-6-17-7-5-14/h3,8,12-13H,2,4-7,9H2,1H3. The molecule has 6 nitrogen and oxygen atoms in total. The van der Waals surface area contributed by atoms with Crippen LogP contribution in [0.1, 0.15) is 11.8 Å². The molecule has 0 unspecified atom stereocenters. The van der Waals surface area contributed by atoms with E-state index < -0.39 is 10.0 Å². The lowest BCUT2D eigenvalue weighted by molar-refractivity contribution is 0.0272. The molecule has 2 heterocycles. The fourth-order valence-electron chi connectivity index (χ4n) is 1.81. The Hall–Kier alpha value is -0.510. The van der Waals surface area contributed by atoms with E-state index in [1.807, 2.05) is 6.92 Å². The third-order valence-electron chi connectivity index (χ3n) is 2.79. The van der Waals surface area contributed by atoms with Crippen molar-refractivity contribution in [3.8, 4) is 0 Å². The van der Waals surface area contributed by atoms with Crippen LogP contribution in [0.3, 0.4) is 0 Å². The molecule has 1 fully saturated rings. The van der Waals surface area contributed by atoms with E-state index in [0.717, 1.165) is 11.4 Å². The highest BCUT2D eigenvalue weighted by molar-refractivity contribution is 7.89. The Morgan fingerprint density at radius 1 is 1.42 bits per heavy atom. The van der Waals surface area contributed by atoms with E-state index in [-0.39, 0.29) is 0 Å². The molecule has 1 aliphatic rings. The van der Waals surface area contributed by atoms with Crippen molar-refractivity contribution >= 4 is 21.4 Å². The first-order valence-corrected chi connectivity index (χ1v) is 8.62. The van der Waals surface area contributed by atoms with Gasteiger partial charge in [-0.15, -0.1) is 16.2 Å². The first-order chi connectivity index (χ1) is 9.13. The van der Waals surface area contributed by atoms with E-state index in [9.17, 15) is 8.42 Å². The van der Waals surface area contributed by atoms with Crippen LogP contribution in [-0.4, -0.2) is 46.3 Å². The Kier molecular flexibility index (Phi) is 5.31. The number of thiophene rings is 1. The summed E-state index contributed by atoms with van der Waals surface area (Å²) in [6.45, 7) is 5.64. The molecular weight excluding hydrogens is 286 g/mol. The van der Waals surface area contributed by atoms with Gasteiger partial charge in [0, 0.05) is 24.5 Å². The van der Waals surface area contributed by atoms with Crippen LogP contribution in [0.2, 0.25) is 0 Å². The molecule has 0 atom stereocenters. The lowest BCUT2D eigenvalue weighted by atomic mass is 10.4. The molecule has 1 saturated heterocycles. The van der Waals surface area contributed by atoms with Gasteiger partial charge in [-0.3, -0.25) is 0 Å². The van der Waals surface area contributed by atoms with Gasteiger partial charge in [-0.2, -0.15) is 0 Å². The highest BCUT2D eigenvalue weighted by Gasteiger charge is 2.23. The topological polar surface area (TPSA) is 70.7 Å². The molecule has 2 rings (SSSR count). The highest BCUT2D eigenvalue weighted by Crippen LogP contribution is 2.21. The molecule has 0 spiro atoms. The molecule has 108 valence electrons. The molecule has 0 bridgehead atoms. The quantitative estimate of drug-likeness (QED) is 0.795. The third kappa shape index (κ3) is 3.98. The van der Waals surface area contributed by atoms with Crippen LogP contribution < -0.4 is 10.1 Å². The summed E-state index contributed by atoms with van der Waals surface area (Å²) >= 11 is 1.45. The van der Waals surface area contributed by atoms with E-state index in [1.54, 1.807) is 16.5 Å². The van der Waals surface area contributed by atoms with Crippen LogP contribution in [0.25, 0.3) is 0 Å². The fraction of sp³-hybridized carbons (Fsp3) is 0.636. The number of hydrogen-bond donors (Lipinski definition) is 2. The Morgan fingerprint density at radius 2 is 2.16 bits per heavy atom. The fourth-order valence-corrected chi connectivity index (χ4v) is 4.35. The Morgan fingerprint density at radius 3 is 2.84 bits per heavy atom. The van der Waals surface area contributed by atoms with Gasteiger partial charge in [-0.1, -0.05) is 6.92 Å². The van der Waals surface area contributed by atoms with Crippen LogP contribution in [-0.2, 0) is 21.3 Å². The zero-order valence-corrected chi connectivity index (χ0v) is 12.5. The molecule has 0 radical (unpaired) electrons. The minimum atomic E-state index is -3.49. The molecule has 19 heavy (non-hydrogen) atoms. The van der Waals surface area contributed by atoms with E-state index in [0.29, 0.717) is 37.7 Å². The molecule has 0 amide bonds. The van der Waals surface area contributed by atoms with Crippen LogP contribution in [0.15, 0.2) is 16.3 Å². The average molecular weight is 305 g/mol. The van der Waals surface area contributed by atoms with E-state index in [1.165, 1.54) is 11.3 Å². The molecule has 1 aromatic heterocycles. The van der Waals surface area contributed by atoms with Crippen molar-refractivity contribution in [1.29, 1.82) is 0 Å². The summed E-state index contributed by atoms with van der Waals surface area (Å²) in [6.07, 6.45) is 0. The van der Waals surface area contributed by atoms with Gasteiger partial charge in [0.25, 0.3) is 10.0 Å². The SMILES string of the molecule is CCNCc1sccc1S(=O)(=O)NN1CCOCC1. The van der Waals surface area contributed by atoms with Crippen molar-refractivity contribution < 1.29 is 13.2 Å². The first kappa shape index (κ1) is 14.9. The van der Waals surface area contributed by atoms with E-state index in [2.05, 4.69) is 10.1 Å². The van der Waals surface area contributed by atoms with Gasteiger partial charge in [-0.05, 0) is 18.0 Å². The van der Waals surface area contributed by atoms with Crippen molar-refractivity contribution in [1.82, 2.24) is 15.2 Å². The summed E-state index contributed by atoms with van der Waals surface area (Å²) in [7, 11) is -3.49. The van der Waals surface area contributed by atoms with Crippen molar-refractivity contribution in [3.05, 3.63) is 16.3 Å². The van der Waals surface area contributed by atoms with Crippen molar-refractivity contribution in [2.75, 3.05) is 32.8 Å². The molecule has 0 aromatic carbocycles. The predicted molar refractivity (Wildman–Crippen MR) is 74.4 cm³/mol. The summed E-state index contributed by atoms with van der Waals surface area (Å²) < 4.78 is 29.9. The van der Waals surface area contributed by atoms with Crippen molar-refractivity contribution in [3.63, 3.8) is 0 Å². The average Bonchev–Trinajstić information content (AvgIpc) is 2.86. The summed E-state index contributed by atoms with van der Waals surface area (Å²) in [5.74, 6) is 0. The molecule has 8 heteroatoms. The van der Waals surface area contributed by atoms with Gasteiger partial charge in [0.05, 0.1) is 18.1 Å². The summed E-state index contributed by atoms with van der Waals surface area (Å²) in [6, 6.07) is 1.65.